The summed E-state index contributed by atoms with van der Waals surface area (Å²) in [5, 5.41) is 10.1. The van der Waals surface area contributed by atoms with Crippen molar-refractivity contribution in [3.05, 3.63) is 29.3 Å². The van der Waals surface area contributed by atoms with E-state index >= 15 is 0 Å². The highest BCUT2D eigenvalue weighted by Crippen LogP contribution is 2.29. The molecule has 2 rings (SSSR count). The van der Waals surface area contributed by atoms with Crippen LogP contribution in [-0.4, -0.2) is 17.8 Å². The Balaban J connectivity index is 1.87. The second-order valence-electron chi connectivity index (χ2n) is 6.53. The van der Waals surface area contributed by atoms with Crippen molar-refractivity contribution in [2.24, 2.45) is 5.92 Å². The van der Waals surface area contributed by atoms with Gasteiger partial charge in [0.25, 0.3) is 0 Å². The van der Waals surface area contributed by atoms with E-state index < -0.39 is 0 Å². The number of aliphatic hydroxyl groups is 1. The first-order chi connectivity index (χ1) is 9.56. The third-order valence-electron chi connectivity index (χ3n) is 4.39. The lowest BCUT2D eigenvalue weighted by molar-refractivity contribution is 0.0852. The summed E-state index contributed by atoms with van der Waals surface area (Å²) in [6.45, 7) is 6.84. The van der Waals surface area contributed by atoms with Crippen LogP contribution in [0, 0.1) is 12.8 Å². The Labute approximate surface area is 123 Å². The molecule has 0 amide bonds. The molecule has 112 valence electrons. The van der Waals surface area contributed by atoms with Crippen LogP contribution in [0.25, 0.3) is 0 Å². The van der Waals surface area contributed by atoms with E-state index in [9.17, 15) is 5.11 Å². The highest BCUT2D eigenvalue weighted by molar-refractivity contribution is 5.37. The smallest absolute Gasteiger partial charge is 0.122 e. The molecule has 2 nitrogen and oxygen atoms in total. The van der Waals surface area contributed by atoms with Crippen LogP contribution in [0.3, 0.4) is 0 Å². The highest BCUT2D eigenvalue weighted by Gasteiger charge is 2.19. The van der Waals surface area contributed by atoms with Gasteiger partial charge >= 0.3 is 0 Å². The van der Waals surface area contributed by atoms with Crippen molar-refractivity contribution in [1.82, 2.24) is 0 Å². The highest BCUT2D eigenvalue weighted by atomic mass is 16.5. The molecule has 20 heavy (non-hydrogen) atoms. The molecule has 0 bridgehead atoms. The predicted molar refractivity (Wildman–Crippen MR) is 83.3 cm³/mol. The molecule has 1 aromatic rings. The van der Waals surface area contributed by atoms with Gasteiger partial charge in [0, 0.05) is 0 Å². The first-order valence-corrected chi connectivity index (χ1v) is 7.97. The van der Waals surface area contributed by atoms with E-state index in [0.717, 1.165) is 17.7 Å². The van der Waals surface area contributed by atoms with Crippen LogP contribution in [0.5, 0.6) is 5.75 Å². The van der Waals surface area contributed by atoms with Gasteiger partial charge in [0.15, 0.2) is 0 Å². The molecule has 1 aliphatic rings. The number of ether oxygens (including phenoxy) is 1. The van der Waals surface area contributed by atoms with Gasteiger partial charge in [-0.2, -0.15) is 0 Å². The van der Waals surface area contributed by atoms with Gasteiger partial charge < -0.3 is 9.84 Å². The Morgan fingerprint density at radius 1 is 1.25 bits per heavy atom. The summed E-state index contributed by atoms with van der Waals surface area (Å²) in [6.07, 6.45) is 5.77. The zero-order chi connectivity index (χ0) is 14.5. The molecule has 1 saturated carbocycles. The molecule has 1 atom stereocenters. The van der Waals surface area contributed by atoms with E-state index in [1.807, 2.05) is 0 Å². The van der Waals surface area contributed by atoms with Crippen molar-refractivity contribution < 1.29 is 9.84 Å². The summed E-state index contributed by atoms with van der Waals surface area (Å²) < 4.78 is 5.85. The van der Waals surface area contributed by atoms with Crippen LogP contribution in [0.1, 0.15) is 63.0 Å². The summed E-state index contributed by atoms with van der Waals surface area (Å²) in [7, 11) is 0. The van der Waals surface area contributed by atoms with Crippen molar-refractivity contribution in [1.29, 1.82) is 0 Å². The number of hydrogen-bond donors (Lipinski definition) is 1. The average Bonchev–Trinajstić information content (AvgIpc) is 2.90. The Hall–Kier alpha value is -1.02. The van der Waals surface area contributed by atoms with Gasteiger partial charge in [-0.25, -0.2) is 0 Å². The minimum atomic E-state index is -0.333. The lowest BCUT2D eigenvalue weighted by Gasteiger charge is -2.18. The van der Waals surface area contributed by atoms with Gasteiger partial charge in [0.1, 0.15) is 12.4 Å². The van der Waals surface area contributed by atoms with Crippen LogP contribution >= 0.6 is 0 Å². The summed E-state index contributed by atoms with van der Waals surface area (Å²) in [4.78, 5) is 0. The molecule has 1 aromatic carbocycles. The molecular formula is C18H28O2. The Morgan fingerprint density at radius 3 is 2.60 bits per heavy atom. The van der Waals surface area contributed by atoms with E-state index in [4.69, 9.17) is 4.74 Å². The van der Waals surface area contributed by atoms with E-state index in [1.165, 1.54) is 31.2 Å². The fraction of sp³-hybridized carbons (Fsp3) is 0.667. The zero-order valence-electron chi connectivity index (χ0n) is 13.1. The van der Waals surface area contributed by atoms with E-state index in [1.54, 1.807) is 0 Å². The SMILES string of the molecule is Cc1ccc(C(C)C)cc1OCC(O)CC1CCCC1. The van der Waals surface area contributed by atoms with Gasteiger partial charge in [-0.15, -0.1) is 0 Å². The van der Waals surface area contributed by atoms with E-state index in [-0.39, 0.29) is 6.10 Å². The van der Waals surface area contributed by atoms with E-state index in [2.05, 4.69) is 39.0 Å². The van der Waals surface area contributed by atoms with Crippen LogP contribution in [0.15, 0.2) is 18.2 Å². The van der Waals surface area contributed by atoms with Crippen molar-refractivity contribution in [2.45, 2.75) is 64.9 Å². The lowest BCUT2D eigenvalue weighted by atomic mass is 10.0. The first kappa shape index (κ1) is 15.4. The molecule has 0 spiro atoms. The number of benzene rings is 1. The Bertz CT molecular complexity index is 419. The Morgan fingerprint density at radius 2 is 1.95 bits per heavy atom. The maximum atomic E-state index is 10.1. The third kappa shape index (κ3) is 4.24. The normalized spacial score (nSPS) is 17.6. The molecule has 0 aromatic heterocycles. The average molecular weight is 276 g/mol. The maximum absolute atomic E-state index is 10.1. The summed E-state index contributed by atoms with van der Waals surface area (Å²) in [5.74, 6) is 2.12. The van der Waals surface area contributed by atoms with Gasteiger partial charge in [0.2, 0.25) is 0 Å². The number of rotatable bonds is 6. The van der Waals surface area contributed by atoms with Crippen LogP contribution in [0.4, 0.5) is 0 Å². The topological polar surface area (TPSA) is 29.5 Å². The summed E-state index contributed by atoms with van der Waals surface area (Å²) in [5.41, 5.74) is 2.43. The monoisotopic (exact) mass is 276 g/mol. The largest absolute Gasteiger partial charge is 0.491 e. The minimum absolute atomic E-state index is 0.333. The van der Waals surface area contributed by atoms with Gasteiger partial charge in [0.05, 0.1) is 6.10 Å². The van der Waals surface area contributed by atoms with Crippen molar-refractivity contribution in [3.8, 4) is 5.75 Å². The maximum Gasteiger partial charge on any atom is 0.122 e. The van der Waals surface area contributed by atoms with Crippen molar-refractivity contribution in [3.63, 3.8) is 0 Å². The van der Waals surface area contributed by atoms with Crippen molar-refractivity contribution in [2.75, 3.05) is 6.61 Å². The van der Waals surface area contributed by atoms with E-state index in [0.29, 0.717) is 18.4 Å². The third-order valence-corrected chi connectivity index (χ3v) is 4.39. The Kier molecular flexibility index (Phi) is 5.47. The molecule has 1 N–H and O–H groups in total. The lowest BCUT2D eigenvalue weighted by Crippen LogP contribution is -2.20. The molecule has 0 radical (unpaired) electrons. The predicted octanol–water partition coefficient (Wildman–Crippen LogP) is 4.44. The van der Waals surface area contributed by atoms with Crippen LogP contribution in [-0.2, 0) is 0 Å². The fourth-order valence-corrected chi connectivity index (χ4v) is 3.02. The van der Waals surface area contributed by atoms with Gasteiger partial charge in [-0.1, -0.05) is 51.7 Å². The first-order valence-electron chi connectivity index (χ1n) is 7.97. The van der Waals surface area contributed by atoms with Crippen LogP contribution in [0.2, 0.25) is 0 Å². The summed E-state index contributed by atoms with van der Waals surface area (Å²) >= 11 is 0. The molecule has 1 unspecified atom stereocenters. The van der Waals surface area contributed by atoms with Crippen LogP contribution < -0.4 is 4.74 Å². The van der Waals surface area contributed by atoms with Gasteiger partial charge in [-0.3, -0.25) is 0 Å². The number of aliphatic hydroxyl groups excluding tert-OH is 1. The molecule has 0 aliphatic heterocycles. The minimum Gasteiger partial charge on any atom is -0.491 e. The number of aryl methyl sites for hydroxylation is 1. The molecule has 1 aliphatic carbocycles. The number of hydrogen-bond acceptors (Lipinski definition) is 2. The standard InChI is InChI=1S/C18H28O2/c1-13(2)16-9-8-14(3)18(11-16)20-12-17(19)10-15-6-4-5-7-15/h8-9,11,13,15,17,19H,4-7,10,12H2,1-3H3. The molecule has 0 saturated heterocycles. The zero-order valence-corrected chi connectivity index (χ0v) is 13.1. The molecule has 1 fully saturated rings. The second-order valence-corrected chi connectivity index (χ2v) is 6.53. The quantitative estimate of drug-likeness (QED) is 0.832. The van der Waals surface area contributed by atoms with Gasteiger partial charge in [-0.05, 0) is 42.4 Å². The second kappa shape index (κ2) is 7.12. The summed E-state index contributed by atoms with van der Waals surface area (Å²) in [6, 6.07) is 6.37. The molecule has 2 heteroatoms. The fourth-order valence-electron chi connectivity index (χ4n) is 3.02. The van der Waals surface area contributed by atoms with Crippen molar-refractivity contribution >= 4 is 0 Å². The molecular weight excluding hydrogens is 248 g/mol. The molecule has 0 heterocycles.